The monoisotopic (exact) mass is 342 g/mol. The first kappa shape index (κ1) is 18.6. The van der Waals surface area contributed by atoms with Gasteiger partial charge in [-0.1, -0.05) is 45.0 Å². The highest BCUT2D eigenvalue weighted by Crippen LogP contribution is 2.22. The number of hydrogen-bond donors (Lipinski definition) is 1. The van der Waals surface area contributed by atoms with Crippen LogP contribution in [0.25, 0.3) is 0 Å². The SMILES string of the molecule is C/C(=N/NC(=O)COc1ccc(F)cc1)c1ccc(C(C)(C)C)cc1. The summed E-state index contributed by atoms with van der Waals surface area (Å²) >= 11 is 0. The highest BCUT2D eigenvalue weighted by Gasteiger charge is 2.13. The van der Waals surface area contributed by atoms with E-state index in [1.807, 2.05) is 19.1 Å². The first-order valence-corrected chi connectivity index (χ1v) is 8.08. The van der Waals surface area contributed by atoms with Crippen LogP contribution < -0.4 is 10.2 Å². The predicted molar refractivity (Wildman–Crippen MR) is 97.4 cm³/mol. The summed E-state index contributed by atoms with van der Waals surface area (Å²) in [5.74, 6) is -0.306. The Hall–Kier alpha value is -2.69. The Morgan fingerprint density at radius 1 is 1.08 bits per heavy atom. The van der Waals surface area contributed by atoms with E-state index in [2.05, 4.69) is 43.4 Å². The molecule has 0 heterocycles. The van der Waals surface area contributed by atoms with Gasteiger partial charge in [-0.2, -0.15) is 5.10 Å². The minimum atomic E-state index is -0.380. The Morgan fingerprint density at radius 2 is 1.68 bits per heavy atom. The summed E-state index contributed by atoms with van der Waals surface area (Å²) in [6.07, 6.45) is 0. The number of carbonyl (C=O) groups is 1. The van der Waals surface area contributed by atoms with Crippen LogP contribution in [0.2, 0.25) is 0 Å². The lowest BCUT2D eigenvalue weighted by Crippen LogP contribution is -2.25. The summed E-state index contributed by atoms with van der Waals surface area (Å²) in [7, 11) is 0. The van der Waals surface area contributed by atoms with Crippen LogP contribution in [0.15, 0.2) is 53.6 Å². The number of benzene rings is 2. The maximum atomic E-state index is 12.8. The van der Waals surface area contributed by atoms with Crippen LogP contribution in [-0.4, -0.2) is 18.2 Å². The Labute approximate surface area is 147 Å². The standard InChI is InChI=1S/C20H23FN2O2/c1-14(15-5-7-16(8-6-15)20(2,3)4)22-23-19(24)13-25-18-11-9-17(21)10-12-18/h5-12H,13H2,1-4H3,(H,23,24)/b22-14-. The molecule has 0 unspecified atom stereocenters. The van der Waals surface area contributed by atoms with Crippen molar-refractivity contribution in [2.45, 2.75) is 33.1 Å². The third-order valence-electron chi connectivity index (χ3n) is 3.70. The molecule has 2 aromatic rings. The van der Waals surface area contributed by atoms with Gasteiger partial charge in [-0.25, -0.2) is 9.82 Å². The van der Waals surface area contributed by atoms with Gasteiger partial charge in [0.25, 0.3) is 5.91 Å². The fourth-order valence-electron chi connectivity index (χ4n) is 2.13. The van der Waals surface area contributed by atoms with Gasteiger partial charge in [0.05, 0.1) is 5.71 Å². The largest absolute Gasteiger partial charge is 0.484 e. The molecule has 4 nitrogen and oxygen atoms in total. The van der Waals surface area contributed by atoms with E-state index in [-0.39, 0.29) is 23.7 Å². The van der Waals surface area contributed by atoms with Gasteiger partial charge in [0.1, 0.15) is 11.6 Å². The Bertz CT molecular complexity index is 745. The highest BCUT2D eigenvalue weighted by atomic mass is 19.1. The van der Waals surface area contributed by atoms with Crippen LogP contribution in [0.5, 0.6) is 5.75 Å². The third-order valence-corrected chi connectivity index (χ3v) is 3.70. The first-order valence-electron chi connectivity index (χ1n) is 8.08. The van der Waals surface area contributed by atoms with E-state index in [9.17, 15) is 9.18 Å². The van der Waals surface area contributed by atoms with Crippen LogP contribution in [0.4, 0.5) is 4.39 Å². The van der Waals surface area contributed by atoms with Crippen molar-refractivity contribution in [1.29, 1.82) is 0 Å². The van der Waals surface area contributed by atoms with Crippen molar-refractivity contribution >= 4 is 11.6 Å². The lowest BCUT2D eigenvalue weighted by Gasteiger charge is -2.19. The number of ether oxygens (including phenoxy) is 1. The van der Waals surface area contributed by atoms with E-state index in [0.717, 1.165) is 5.56 Å². The van der Waals surface area contributed by atoms with Gasteiger partial charge in [0.2, 0.25) is 0 Å². The van der Waals surface area contributed by atoms with Gasteiger partial charge < -0.3 is 4.74 Å². The molecule has 0 fully saturated rings. The number of nitrogens with zero attached hydrogens (tertiary/aromatic N) is 1. The number of nitrogens with one attached hydrogen (secondary N) is 1. The van der Waals surface area contributed by atoms with E-state index >= 15 is 0 Å². The normalized spacial score (nSPS) is 12.0. The van der Waals surface area contributed by atoms with Gasteiger partial charge >= 0.3 is 0 Å². The summed E-state index contributed by atoms with van der Waals surface area (Å²) in [5, 5.41) is 4.09. The summed E-state index contributed by atoms with van der Waals surface area (Å²) in [6, 6.07) is 13.6. The molecule has 0 saturated carbocycles. The van der Waals surface area contributed by atoms with Crippen LogP contribution in [0.1, 0.15) is 38.8 Å². The van der Waals surface area contributed by atoms with E-state index in [1.165, 1.54) is 29.8 Å². The second-order valence-electron chi connectivity index (χ2n) is 6.80. The minimum Gasteiger partial charge on any atom is -0.484 e. The van der Waals surface area contributed by atoms with Crippen molar-refractivity contribution in [3.05, 3.63) is 65.5 Å². The highest BCUT2D eigenvalue weighted by molar-refractivity contribution is 5.99. The van der Waals surface area contributed by atoms with E-state index in [4.69, 9.17) is 4.74 Å². The average molecular weight is 342 g/mol. The zero-order valence-electron chi connectivity index (χ0n) is 15.0. The molecule has 25 heavy (non-hydrogen) atoms. The van der Waals surface area contributed by atoms with Crippen molar-refractivity contribution in [2.75, 3.05) is 6.61 Å². The summed E-state index contributed by atoms with van der Waals surface area (Å²) in [5.41, 5.74) is 5.43. The van der Waals surface area contributed by atoms with Crippen molar-refractivity contribution in [1.82, 2.24) is 5.43 Å². The molecule has 0 atom stereocenters. The molecule has 0 bridgehead atoms. The number of halogens is 1. The molecule has 0 aliphatic heterocycles. The van der Waals surface area contributed by atoms with Crippen LogP contribution in [0, 0.1) is 5.82 Å². The third kappa shape index (κ3) is 5.71. The van der Waals surface area contributed by atoms with E-state index in [1.54, 1.807) is 0 Å². The molecule has 0 aromatic heterocycles. The topological polar surface area (TPSA) is 50.7 Å². The molecule has 2 aromatic carbocycles. The lowest BCUT2D eigenvalue weighted by molar-refractivity contribution is -0.123. The van der Waals surface area contributed by atoms with Gasteiger partial charge in [0.15, 0.2) is 6.61 Å². The van der Waals surface area contributed by atoms with Crippen LogP contribution in [-0.2, 0) is 10.2 Å². The number of amides is 1. The number of rotatable bonds is 5. The Balaban J connectivity index is 1.89. The molecule has 132 valence electrons. The zero-order valence-corrected chi connectivity index (χ0v) is 15.0. The van der Waals surface area contributed by atoms with Crippen LogP contribution in [0.3, 0.4) is 0 Å². The molecule has 2 rings (SSSR count). The number of carbonyl (C=O) groups excluding carboxylic acids is 1. The van der Waals surface area contributed by atoms with Crippen molar-refractivity contribution in [3.63, 3.8) is 0 Å². The fraction of sp³-hybridized carbons (Fsp3) is 0.300. The fourth-order valence-corrected chi connectivity index (χ4v) is 2.13. The molecule has 0 saturated heterocycles. The van der Waals surface area contributed by atoms with Crippen LogP contribution >= 0.6 is 0 Å². The van der Waals surface area contributed by atoms with E-state index in [0.29, 0.717) is 11.5 Å². The quantitative estimate of drug-likeness (QED) is 0.658. The summed E-state index contributed by atoms with van der Waals surface area (Å²) < 4.78 is 18.1. The van der Waals surface area contributed by atoms with Gasteiger partial charge in [-0.05, 0) is 47.7 Å². The molecule has 0 aliphatic rings. The van der Waals surface area contributed by atoms with Gasteiger partial charge in [-0.3, -0.25) is 4.79 Å². The number of hydrazone groups is 1. The molecule has 0 radical (unpaired) electrons. The lowest BCUT2D eigenvalue weighted by atomic mass is 9.86. The smallest absolute Gasteiger partial charge is 0.277 e. The van der Waals surface area contributed by atoms with Gasteiger partial charge in [-0.15, -0.1) is 0 Å². The molecule has 1 amide bonds. The number of hydrogen-bond acceptors (Lipinski definition) is 3. The molecule has 5 heteroatoms. The van der Waals surface area contributed by atoms with Crippen molar-refractivity contribution < 1.29 is 13.9 Å². The molecule has 1 N–H and O–H groups in total. The predicted octanol–water partition coefficient (Wildman–Crippen LogP) is 4.04. The van der Waals surface area contributed by atoms with Crippen molar-refractivity contribution in [3.8, 4) is 5.75 Å². The van der Waals surface area contributed by atoms with Gasteiger partial charge in [0, 0.05) is 0 Å². The molecular weight excluding hydrogens is 319 g/mol. The Morgan fingerprint density at radius 3 is 2.24 bits per heavy atom. The Kier molecular flexibility index (Phi) is 5.91. The maximum absolute atomic E-state index is 12.8. The molecule has 0 spiro atoms. The summed E-state index contributed by atoms with van der Waals surface area (Å²) in [6.45, 7) is 8.11. The second-order valence-corrected chi connectivity index (χ2v) is 6.80. The average Bonchev–Trinajstić information content (AvgIpc) is 2.58. The maximum Gasteiger partial charge on any atom is 0.277 e. The molecule has 0 aliphatic carbocycles. The molecular formula is C20H23FN2O2. The second kappa shape index (κ2) is 7.92. The zero-order chi connectivity index (χ0) is 18.4. The first-order chi connectivity index (χ1) is 11.8. The summed E-state index contributed by atoms with van der Waals surface area (Å²) in [4.78, 5) is 11.8. The van der Waals surface area contributed by atoms with Crippen molar-refractivity contribution in [2.24, 2.45) is 5.10 Å². The minimum absolute atomic E-state index is 0.0927. The van der Waals surface area contributed by atoms with E-state index < -0.39 is 0 Å².